The summed E-state index contributed by atoms with van der Waals surface area (Å²) in [5.74, 6) is 1.44. The van der Waals surface area contributed by atoms with E-state index in [1.54, 1.807) is 0 Å². The van der Waals surface area contributed by atoms with E-state index in [9.17, 15) is 0 Å². The topological polar surface area (TPSA) is 12.9 Å². The molecule has 0 N–H and O–H groups in total. The molecule has 0 aliphatic heterocycles. The van der Waals surface area contributed by atoms with Crippen molar-refractivity contribution in [2.45, 2.75) is 44.9 Å². The van der Waals surface area contributed by atoms with Gasteiger partial charge in [0, 0.05) is 17.8 Å². The van der Waals surface area contributed by atoms with Crippen LogP contribution in [-0.2, 0) is 0 Å². The lowest BCUT2D eigenvalue weighted by molar-refractivity contribution is 0.727. The molecule has 70 valence electrons. The van der Waals surface area contributed by atoms with Crippen molar-refractivity contribution in [1.82, 2.24) is 4.98 Å². The molecule has 1 nitrogen and oxygen atoms in total. The van der Waals surface area contributed by atoms with Crippen molar-refractivity contribution >= 4 is 0 Å². The molecule has 1 saturated carbocycles. The summed E-state index contributed by atoms with van der Waals surface area (Å²) < 4.78 is 0. The van der Waals surface area contributed by atoms with E-state index >= 15 is 0 Å². The Kier molecular flexibility index (Phi) is 2.34. The molecular formula is C12H17N. The van der Waals surface area contributed by atoms with Crippen molar-refractivity contribution in [3.8, 4) is 0 Å². The van der Waals surface area contributed by atoms with Gasteiger partial charge in [-0.15, -0.1) is 0 Å². The van der Waals surface area contributed by atoms with Crippen LogP contribution < -0.4 is 0 Å². The number of hydrogen-bond acceptors (Lipinski definition) is 1. The maximum absolute atomic E-state index is 4.51. The first-order valence-corrected chi connectivity index (χ1v) is 5.27. The predicted octanol–water partition coefficient (Wildman–Crippen LogP) is 3.47. The lowest BCUT2D eigenvalue weighted by Crippen LogP contribution is -1.94. The van der Waals surface area contributed by atoms with Crippen LogP contribution in [0.4, 0.5) is 0 Å². The van der Waals surface area contributed by atoms with Gasteiger partial charge in [-0.05, 0) is 36.8 Å². The highest BCUT2D eigenvalue weighted by Gasteiger charge is 2.24. The largest absolute Gasteiger partial charge is 0.261 e. The van der Waals surface area contributed by atoms with E-state index in [-0.39, 0.29) is 0 Å². The van der Waals surface area contributed by atoms with E-state index in [0.29, 0.717) is 5.92 Å². The van der Waals surface area contributed by atoms with Crippen LogP contribution in [0.5, 0.6) is 0 Å². The third kappa shape index (κ3) is 1.90. The lowest BCUT2D eigenvalue weighted by atomic mass is 10.0. The number of hydrogen-bond donors (Lipinski definition) is 0. The summed E-state index contributed by atoms with van der Waals surface area (Å²) in [5, 5.41) is 0. The van der Waals surface area contributed by atoms with E-state index in [1.807, 2.05) is 0 Å². The van der Waals surface area contributed by atoms with Crippen molar-refractivity contribution in [3.63, 3.8) is 0 Å². The van der Waals surface area contributed by atoms with Gasteiger partial charge in [-0.2, -0.15) is 0 Å². The van der Waals surface area contributed by atoms with E-state index in [0.717, 1.165) is 5.92 Å². The van der Waals surface area contributed by atoms with Crippen molar-refractivity contribution in [2.75, 3.05) is 0 Å². The first kappa shape index (κ1) is 8.74. The third-order valence-corrected chi connectivity index (χ3v) is 2.99. The minimum Gasteiger partial charge on any atom is -0.261 e. The Hall–Kier alpha value is -0.850. The van der Waals surface area contributed by atoms with Crippen LogP contribution in [0.1, 0.15) is 56.2 Å². The molecule has 13 heavy (non-hydrogen) atoms. The van der Waals surface area contributed by atoms with Gasteiger partial charge in [0.1, 0.15) is 0 Å². The van der Waals surface area contributed by atoms with Gasteiger partial charge in [-0.1, -0.05) is 19.9 Å². The van der Waals surface area contributed by atoms with Gasteiger partial charge in [0.2, 0.25) is 0 Å². The van der Waals surface area contributed by atoms with Crippen molar-refractivity contribution < 1.29 is 0 Å². The van der Waals surface area contributed by atoms with Crippen LogP contribution in [0.3, 0.4) is 0 Å². The zero-order valence-electron chi connectivity index (χ0n) is 8.46. The monoisotopic (exact) mass is 175 g/mol. The predicted molar refractivity (Wildman–Crippen MR) is 54.9 cm³/mol. The summed E-state index contributed by atoms with van der Waals surface area (Å²) in [7, 11) is 0. The highest BCUT2D eigenvalue weighted by molar-refractivity contribution is 5.21. The molecule has 0 amide bonds. The van der Waals surface area contributed by atoms with Crippen molar-refractivity contribution in [1.29, 1.82) is 0 Å². The summed E-state index contributed by atoms with van der Waals surface area (Å²) in [5.41, 5.74) is 2.68. The van der Waals surface area contributed by atoms with Crippen molar-refractivity contribution in [2.24, 2.45) is 0 Å². The zero-order chi connectivity index (χ0) is 9.26. The van der Waals surface area contributed by atoms with Crippen LogP contribution in [0.15, 0.2) is 18.3 Å². The van der Waals surface area contributed by atoms with Gasteiger partial charge in [-0.3, -0.25) is 4.98 Å². The van der Waals surface area contributed by atoms with Crippen LogP contribution in [0, 0.1) is 0 Å². The van der Waals surface area contributed by atoms with Gasteiger partial charge >= 0.3 is 0 Å². The molecule has 0 saturated heterocycles. The Morgan fingerprint density at radius 1 is 1.46 bits per heavy atom. The van der Waals surface area contributed by atoms with Crippen molar-refractivity contribution in [3.05, 3.63) is 29.6 Å². The second kappa shape index (κ2) is 3.49. The summed E-state index contributed by atoms with van der Waals surface area (Å²) in [6.07, 6.45) is 5.94. The zero-order valence-corrected chi connectivity index (χ0v) is 8.46. The quantitative estimate of drug-likeness (QED) is 0.685. The number of aromatic nitrogens is 1. The van der Waals surface area contributed by atoms with Gasteiger partial charge in [-0.25, -0.2) is 0 Å². The van der Waals surface area contributed by atoms with Crippen LogP contribution >= 0.6 is 0 Å². The molecule has 0 bridgehead atoms. The molecule has 1 unspecified atom stereocenters. The average Bonchev–Trinajstić information content (AvgIpc) is 3.00. The Morgan fingerprint density at radius 3 is 2.69 bits per heavy atom. The Labute approximate surface area is 80.2 Å². The molecule has 1 atom stereocenters. The molecular weight excluding hydrogens is 158 g/mol. The van der Waals surface area contributed by atoms with Crippen LogP contribution in [-0.4, -0.2) is 4.98 Å². The molecule has 1 fully saturated rings. The Balaban J connectivity index is 2.12. The summed E-state index contributed by atoms with van der Waals surface area (Å²) in [6.45, 7) is 4.48. The minimum atomic E-state index is 0.653. The van der Waals surface area contributed by atoms with E-state index in [2.05, 4.69) is 37.2 Å². The highest BCUT2D eigenvalue weighted by Crippen LogP contribution is 2.38. The maximum Gasteiger partial charge on any atom is 0.0434 e. The first-order chi connectivity index (χ1) is 6.31. The Morgan fingerprint density at radius 2 is 2.23 bits per heavy atom. The van der Waals surface area contributed by atoms with E-state index < -0.39 is 0 Å². The fraction of sp³-hybridized carbons (Fsp3) is 0.583. The van der Waals surface area contributed by atoms with Gasteiger partial charge in [0.15, 0.2) is 0 Å². The molecule has 0 aromatic carbocycles. The number of pyridine rings is 1. The first-order valence-electron chi connectivity index (χ1n) is 5.27. The van der Waals surface area contributed by atoms with Gasteiger partial charge in [0.25, 0.3) is 0 Å². The fourth-order valence-corrected chi connectivity index (χ4v) is 1.56. The summed E-state index contributed by atoms with van der Waals surface area (Å²) in [6, 6.07) is 4.45. The molecule has 1 aromatic rings. The standard InChI is InChI=1S/C12H17N/c1-3-9(2)11-6-7-12(13-8-11)10-4-5-10/h6-10H,3-5H2,1-2H3. The second-order valence-electron chi connectivity index (χ2n) is 4.10. The second-order valence-corrected chi connectivity index (χ2v) is 4.10. The minimum absolute atomic E-state index is 0.653. The Bertz CT molecular complexity index is 272. The highest BCUT2D eigenvalue weighted by atomic mass is 14.7. The normalized spacial score (nSPS) is 18.6. The molecule has 0 spiro atoms. The average molecular weight is 175 g/mol. The fourth-order valence-electron chi connectivity index (χ4n) is 1.56. The number of rotatable bonds is 3. The molecule has 2 rings (SSSR count). The number of nitrogens with zero attached hydrogens (tertiary/aromatic N) is 1. The SMILES string of the molecule is CCC(C)c1ccc(C2CC2)nc1. The molecule has 1 heterocycles. The summed E-state index contributed by atoms with van der Waals surface area (Å²) in [4.78, 5) is 4.51. The lowest BCUT2D eigenvalue weighted by Gasteiger charge is -2.08. The van der Waals surface area contributed by atoms with E-state index in [4.69, 9.17) is 0 Å². The summed E-state index contributed by atoms with van der Waals surface area (Å²) >= 11 is 0. The molecule has 1 heteroatoms. The van der Waals surface area contributed by atoms with Gasteiger partial charge < -0.3 is 0 Å². The van der Waals surface area contributed by atoms with E-state index in [1.165, 1.54) is 30.5 Å². The third-order valence-electron chi connectivity index (χ3n) is 2.99. The maximum atomic E-state index is 4.51. The van der Waals surface area contributed by atoms with Crippen LogP contribution in [0.25, 0.3) is 0 Å². The molecule has 0 radical (unpaired) electrons. The molecule has 1 aliphatic carbocycles. The molecule has 1 aliphatic rings. The molecule has 1 aromatic heterocycles. The van der Waals surface area contributed by atoms with Gasteiger partial charge in [0.05, 0.1) is 0 Å². The van der Waals surface area contributed by atoms with Crippen LogP contribution in [0.2, 0.25) is 0 Å². The smallest absolute Gasteiger partial charge is 0.0434 e.